The Bertz CT molecular complexity index is 839. The number of aromatic nitrogens is 2. The van der Waals surface area contributed by atoms with Gasteiger partial charge in [-0.1, -0.05) is 41.9 Å². The van der Waals surface area contributed by atoms with E-state index < -0.39 is 0 Å². The molecule has 0 saturated heterocycles. The summed E-state index contributed by atoms with van der Waals surface area (Å²) in [5, 5.41) is 1.29. The first-order chi connectivity index (χ1) is 9.66. The van der Waals surface area contributed by atoms with Crippen molar-refractivity contribution in [1.82, 2.24) is 9.55 Å². The van der Waals surface area contributed by atoms with Gasteiger partial charge in [0, 0.05) is 5.02 Å². The number of benzene rings is 2. The van der Waals surface area contributed by atoms with Gasteiger partial charge in [0.25, 0.3) is 5.56 Å². The van der Waals surface area contributed by atoms with E-state index in [4.69, 9.17) is 11.6 Å². The molecule has 1 heterocycles. The van der Waals surface area contributed by atoms with Gasteiger partial charge in [0.1, 0.15) is 5.82 Å². The zero-order valence-electron chi connectivity index (χ0n) is 11.0. The highest BCUT2D eigenvalue weighted by Crippen LogP contribution is 2.16. The second kappa shape index (κ2) is 5.10. The molecule has 0 aliphatic rings. The van der Waals surface area contributed by atoms with Crippen LogP contribution in [0.1, 0.15) is 11.4 Å². The lowest BCUT2D eigenvalue weighted by molar-refractivity contribution is 0.713. The van der Waals surface area contributed by atoms with E-state index in [-0.39, 0.29) is 5.56 Å². The van der Waals surface area contributed by atoms with Crippen molar-refractivity contribution in [2.75, 3.05) is 0 Å². The van der Waals surface area contributed by atoms with E-state index in [1.54, 1.807) is 10.6 Å². The van der Waals surface area contributed by atoms with Crippen molar-refractivity contribution in [3.05, 3.63) is 75.3 Å². The van der Waals surface area contributed by atoms with Gasteiger partial charge in [0.15, 0.2) is 0 Å². The Morgan fingerprint density at radius 2 is 1.80 bits per heavy atom. The fourth-order valence-electron chi connectivity index (χ4n) is 2.26. The Kier molecular flexibility index (Phi) is 3.28. The lowest BCUT2D eigenvalue weighted by atomic mass is 10.2. The lowest BCUT2D eigenvalue weighted by Gasteiger charge is -2.11. The molecule has 1 aromatic heterocycles. The Balaban J connectivity index is 2.17. The summed E-state index contributed by atoms with van der Waals surface area (Å²) in [5.41, 5.74) is 1.61. The van der Waals surface area contributed by atoms with Crippen molar-refractivity contribution in [2.24, 2.45) is 0 Å². The fourth-order valence-corrected chi connectivity index (χ4v) is 2.46. The smallest absolute Gasteiger partial charge is 0.261 e. The van der Waals surface area contributed by atoms with Crippen LogP contribution in [0, 0.1) is 6.92 Å². The zero-order valence-corrected chi connectivity index (χ0v) is 11.8. The molecule has 0 saturated carbocycles. The highest BCUT2D eigenvalue weighted by Gasteiger charge is 2.09. The van der Waals surface area contributed by atoms with Crippen molar-refractivity contribution in [2.45, 2.75) is 13.5 Å². The third kappa shape index (κ3) is 2.21. The summed E-state index contributed by atoms with van der Waals surface area (Å²) in [7, 11) is 0. The molecule has 3 rings (SSSR count). The van der Waals surface area contributed by atoms with E-state index in [0.717, 1.165) is 11.1 Å². The fraction of sp³-hybridized carbons (Fsp3) is 0.125. The minimum absolute atomic E-state index is 0.0342. The molecule has 100 valence electrons. The van der Waals surface area contributed by atoms with Crippen LogP contribution in [0.5, 0.6) is 0 Å². The van der Waals surface area contributed by atoms with Crippen molar-refractivity contribution >= 4 is 22.5 Å². The molecule has 0 spiro atoms. The van der Waals surface area contributed by atoms with Crippen molar-refractivity contribution in [1.29, 1.82) is 0 Å². The zero-order chi connectivity index (χ0) is 14.1. The molecule has 0 atom stereocenters. The number of para-hydroxylation sites is 1. The first-order valence-corrected chi connectivity index (χ1v) is 6.74. The van der Waals surface area contributed by atoms with E-state index in [2.05, 4.69) is 4.98 Å². The Morgan fingerprint density at radius 1 is 1.10 bits per heavy atom. The van der Waals surface area contributed by atoms with Gasteiger partial charge in [-0.2, -0.15) is 0 Å². The molecule has 3 nitrogen and oxygen atoms in total. The van der Waals surface area contributed by atoms with Gasteiger partial charge in [0.05, 0.1) is 17.4 Å². The molecule has 0 bridgehead atoms. The third-order valence-corrected chi connectivity index (χ3v) is 3.71. The molecule has 4 heteroatoms. The van der Waals surface area contributed by atoms with Gasteiger partial charge < -0.3 is 0 Å². The number of hydrogen-bond acceptors (Lipinski definition) is 2. The normalized spacial score (nSPS) is 10.9. The van der Waals surface area contributed by atoms with Crippen LogP contribution in [0.4, 0.5) is 0 Å². The summed E-state index contributed by atoms with van der Waals surface area (Å²) < 4.78 is 1.66. The molecule has 0 N–H and O–H groups in total. The molecule has 0 radical (unpaired) electrons. The maximum atomic E-state index is 12.5. The van der Waals surface area contributed by atoms with Crippen molar-refractivity contribution in [3.8, 4) is 0 Å². The van der Waals surface area contributed by atoms with Crippen molar-refractivity contribution < 1.29 is 0 Å². The van der Waals surface area contributed by atoms with Crippen LogP contribution in [0.2, 0.25) is 5.02 Å². The summed E-state index contributed by atoms with van der Waals surface area (Å²) >= 11 is 6.16. The molecule has 3 aromatic rings. The van der Waals surface area contributed by atoms with Crippen LogP contribution in [-0.2, 0) is 6.54 Å². The predicted octanol–water partition coefficient (Wildman–Crippen LogP) is 3.41. The van der Waals surface area contributed by atoms with E-state index in [9.17, 15) is 4.79 Å². The van der Waals surface area contributed by atoms with Gasteiger partial charge >= 0.3 is 0 Å². The molecule has 2 aromatic carbocycles. The number of halogens is 1. The summed E-state index contributed by atoms with van der Waals surface area (Å²) in [5.74, 6) is 0.689. The summed E-state index contributed by atoms with van der Waals surface area (Å²) in [6.45, 7) is 2.27. The second-order valence-corrected chi connectivity index (χ2v) is 5.07. The predicted molar refractivity (Wildman–Crippen MR) is 81.3 cm³/mol. The van der Waals surface area contributed by atoms with E-state index in [1.807, 2.05) is 49.4 Å². The van der Waals surface area contributed by atoms with E-state index in [1.165, 1.54) is 0 Å². The minimum Gasteiger partial charge on any atom is -0.292 e. The maximum Gasteiger partial charge on any atom is 0.261 e. The molecule has 0 aliphatic heterocycles. The second-order valence-electron chi connectivity index (χ2n) is 4.66. The number of aryl methyl sites for hydroxylation is 1. The highest BCUT2D eigenvalue weighted by atomic mass is 35.5. The average Bonchev–Trinajstić information content (AvgIpc) is 2.45. The molecule has 0 amide bonds. The largest absolute Gasteiger partial charge is 0.292 e. The number of nitrogens with zero attached hydrogens (tertiary/aromatic N) is 2. The number of rotatable bonds is 2. The minimum atomic E-state index is -0.0342. The molecular weight excluding hydrogens is 272 g/mol. The van der Waals surface area contributed by atoms with Crippen LogP contribution in [0.15, 0.2) is 53.3 Å². The number of hydrogen-bond donors (Lipinski definition) is 0. The maximum absolute atomic E-state index is 12.5. The van der Waals surface area contributed by atoms with Gasteiger partial charge in [-0.3, -0.25) is 9.36 Å². The molecule has 20 heavy (non-hydrogen) atoms. The topological polar surface area (TPSA) is 34.9 Å². The molecule has 0 aliphatic carbocycles. The van der Waals surface area contributed by atoms with Gasteiger partial charge in [-0.15, -0.1) is 0 Å². The summed E-state index contributed by atoms with van der Waals surface area (Å²) in [6, 6.07) is 14.9. The van der Waals surface area contributed by atoms with Crippen LogP contribution in [-0.4, -0.2) is 9.55 Å². The van der Waals surface area contributed by atoms with Crippen LogP contribution >= 0.6 is 11.6 Å². The van der Waals surface area contributed by atoms with Crippen LogP contribution < -0.4 is 5.56 Å². The van der Waals surface area contributed by atoms with Gasteiger partial charge in [-0.05, 0) is 30.7 Å². The summed E-state index contributed by atoms with van der Waals surface area (Å²) in [6.07, 6.45) is 0. The highest BCUT2D eigenvalue weighted by molar-refractivity contribution is 6.31. The number of fused-ring (bicyclic) bond motifs is 1. The quantitative estimate of drug-likeness (QED) is 0.723. The standard InChI is InChI=1S/C16H13ClN2O/c1-11-18-15-9-5-3-7-13(15)16(20)19(11)10-12-6-2-4-8-14(12)17/h2-9H,10H2,1H3. The SMILES string of the molecule is Cc1nc2ccccc2c(=O)n1Cc1ccccc1Cl. The Hall–Kier alpha value is -2.13. The first kappa shape index (κ1) is 12.9. The van der Waals surface area contributed by atoms with Crippen LogP contribution in [0.3, 0.4) is 0 Å². The average molecular weight is 285 g/mol. The van der Waals surface area contributed by atoms with Crippen LogP contribution in [0.25, 0.3) is 10.9 Å². The van der Waals surface area contributed by atoms with Gasteiger partial charge in [-0.25, -0.2) is 4.98 Å². The molecule has 0 unspecified atom stereocenters. The summed E-state index contributed by atoms with van der Waals surface area (Å²) in [4.78, 5) is 17.0. The molecular formula is C16H13ClN2O. The lowest BCUT2D eigenvalue weighted by Crippen LogP contribution is -2.24. The monoisotopic (exact) mass is 284 g/mol. The molecule has 0 fully saturated rings. The van der Waals surface area contributed by atoms with Gasteiger partial charge in [0.2, 0.25) is 0 Å². The third-order valence-electron chi connectivity index (χ3n) is 3.34. The first-order valence-electron chi connectivity index (χ1n) is 6.36. The van der Waals surface area contributed by atoms with E-state index >= 15 is 0 Å². The Morgan fingerprint density at radius 3 is 2.60 bits per heavy atom. The van der Waals surface area contributed by atoms with E-state index in [0.29, 0.717) is 22.8 Å². The Labute approximate surface area is 121 Å². The van der Waals surface area contributed by atoms with Crippen molar-refractivity contribution in [3.63, 3.8) is 0 Å².